The maximum Gasteiger partial charge on any atom is 0.159 e. The standard InChI is InChI=1S/C14H17ClN4O/c1-3-19-14-13(10(2)17-19)16-12(4-6-15)18(14)8-11-5-7-20-9-11/h5,7,9H,3-4,6,8H2,1-2H3. The summed E-state index contributed by atoms with van der Waals surface area (Å²) in [7, 11) is 0. The Hall–Kier alpha value is -1.75. The second-order valence-corrected chi connectivity index (χ2v) is 5.14. The van der Waals surface area contributed by atoms with E-state index in [2.05, 4.69) is 16.6 Å². The lowest BCUT2D eigenvalue weighted by Gasteiger charge is -2.08. The van der Waals surface area contributed by atoms with E-state index in [1.165, 1.54) is 0 Å². The maximum absolute atomic E-state index is 5.90. The number of hydrogen-bond donors (Lipinski definition) is 0. The highest BCUT2D eigenvalue weighted by Crippen LogP contribution is 2.22. The molecule has 5 nitrogen and oxygen atoms in total. The zero-order valence-corrected chi connectivity index (χ0v) is 12.4. The largest absolute Gasteiger partial charge is 0.472 e. The Labute approximate surface area is 122 Å². The summed E-state index contributed by atoms with van der Waals surface area (Å²) in [6.45, 7) is 5.63. The first kappa shape index (κ1) is 13.2. The summed E-state index contributed by atoms with van der Waals surface area (Å²) in [6.07, 6.45) is 4.19. The van der Waals surface area contributed by atoms with E-state index in [0.717, 1.165) is 47.8 Å². The SMILES string of the molecule is CCn1nc(C)c2nc(CCCl)n(Cc3ccoc3)c21. The van der Waals surface area contributed by atoms with E-state index in [1.807, 2.05) is 17.7 Å². The van der Waals surface area contributed by atoms with Crippen LogP contribution in [0.3, 0.4) is 0 Å². The third-order valence-corrected chi connectivity index (χ3v) is 3.61. The molecule has 0 amide bonds. The molecule has 0 radical (unpaired) electrons. The van der Waals surface area contributed by atoms with Crippen molar-refractivity contribution >= 4 is 22.8 Å². The minimum absolute atomic E-state index is 0.559. The Bertz CT molecular complexity index is 711. The molecule has 3 rings (SSSR count). The molecular formula is C14H17ClN4O. The summed E-state index contributed by atoms with van der Waals surface area (Å²) in [4.78, 5) is 4.72. The van der Waals surface area contributed by atoms with Crippen LogP contribution in [0.1, 0.15) is 24.0 Å². The van der Waals surface area contributed by atoms with E-state index >= 15 is 0 Å². The van der Waals surface area contributed by atoms with E-state index in [1.54, 1.807) is 12.5 Å². The molecule has 3 heterocycles. The summed E-state index contributed by atoms with van der Waals surface area (Å²) in [5.74, 6) is 1.56. The van der Waals surface area contributed by atoms with Crippen molar-refractivity contribution in [2.24, 2.45) is 0 Å². The molecule has 3 aromatic heterocycles. The van der Waals surface area contributed by atoms with Gasteiger partial charge in [0.1, 0.15) is 11.3 Å². The van der Waals surface area contributed by atoms with Gasteiger partial charge >= 0.3 is 0 Å². The first-order valence-electron chi connectivity index (χ1n) is 6.74. The van der Waals surface area contributed by atoms with Gasteiger partial charge in [-0.15, -0.1) is 11.6 Å². The van der Waals surface area contributed by atoms with Crippen molar-refractivity contribution in [3.8, 4) is 0 Å². The minimum Gasteiger partial charge on any atom is -0.472 e. The van der Waals surface area contributed by atoms with Crippen LogP contribution >= 0.6 is 11.6 Å². The molecule has 0 unspecified atom stereocenters. The van der Waals surface area contributed by atoms with Gasteiger partial charge in [-0.2, -0.15) is 5.10 Å². The summed E-state index contributed by atoms with van der Waals surface area (Å²) in [5.41, 5.74) is 4.10. The van der Waals surface area contributed by atoms with Crippen molar-refractivity contribution in [1.82, 2.24) is 19.3 Å². The molecule has 0 fully saturated rings. The van der Waals surface area contributed by atoms with E-state index in [9.17, 15) is 0 Å². The van der Waals surface area contributed by atoms with Crippen molar-refractivity contribution < 1.29 is 4.42 Å². The van der Waals surface area contributed by atoms with Crippen LogP contribution in [-0.4, -0.2) is 25.2 Å². The Morgan fingerprint density at radius 1 is 1.40 bits per heavy atom. The Balaban J connectivity index is 2.16. The molecule has 0 aromatic carbocycles. The van der Waals surface area contributed by atoms with Crippen molar-refractivity contribution in [2.45, 2.75) is 33.4 Å². The highest BCUT2D eigenvalue weighted by atomic mass is 35.5. The first-order valence-corrected chi connectivity index (χ1v) is 7.27. The smallest absolute Gasteiger partial charge is 0.159 e. The lowest BCUT2D eigenvalue weighted by molar-refractivity contribution is 0.561. The average molecular weight is 293 g/mol. The van der Waals surface area contributed by atoms with Crippen LogP contribution in [-0.2, 0) is 19.5 Å². The number of aryl methyl sites for hydroxylation is 3. The molecule has 0 saturated heterocycles. The maximum atomic E-state index is 5.90. The number of imidazole rings is 1. The van der Waals surface area contributed by atoms with Crippen LogP contribution in [0.15, 0.2) is 23.0 Å². The Morgan fingerprint density at radius 3 is 2.90 bits per heavy atom. The summed E-state index contributed by atoms with van der Waals surface area (Å²) in [6, 6.07) is 1.97. The molecule has 20 heavy (non-hydrogen) atoms. The molecule has 0 atom stereocenters. The predicted octanol–water partition coefficient (Wildman–Crippen LogP) is 2.98. The van der Waals surface area contributed by atoms with Crippen molar-refractivity contribution in [3.63, 3.8) is 0 Å². The summed E-state index contributed by atoms with van der Waals surface area (Å²) < 4.78 is 9.34. The number of hydrogen-bond acceptors (Lipinski definition) is 3. The van der Waals surface area contributed by atoms with E-state index in [4.69, 9.17) is 21.0 Å². The van der Waals surface area contributed by atoms with Crippen molar-refractivity contribution in [2.75, 3.05) is 5.88 Å². The number of fused-ring (bicyclic) bond motifs is 1. The molecule has 106 valence electrons. The van der Waals surface area contributed by atoms with Crippen LogP contribution < -0.4 is 0 Å². The van der Waals surface area contributed by atoms with Gasteiger partial charge in [0.15, 0.2) is 5.65 Å². The lowest BCUT2D eigenvalue weighted by Crippen LogP contribution is -2.10. The highest BCUT2D eigenvalue weighted by molar-refractivity contribution is 6.17. The number of nitrogens with zero attached hydrogens (tertiary/aromatic N) is 4. The zero-order chi connectivity index (χ0) is 14.1. The number of alkyl halides is 1. The number of rotatable bonds is 5. The molecule has 0 bridgehead atoms. The molecule has 0 aliphatic rings. The summed E-state index contributed by atoms with van der Waals surface area (Å²) in [5, 5.41) is 4.54. The number of aromatic nitrogens is 4. The van der Waals surface area contributed by atoms with E-state index in [-0.39, 0.29) is 0 Å². The molecule has 0 saturated carbocycles. The fourth-order valence-electron chi connectivity index (χ4n) is 2.50. The van der Waals surface area contributed by atoms with Gasteiger partial charge in [0, 0.05) is 24.4 Å². The van der Waals surface area contributed by atoms with Crippen LogP contribution in [0.25, 0.3) is 11.2 Å². The van der Waals surface area contributed by atoms with Gasteiger partial charge in [-0.25, -0.2) is 9.67 Å². The van der Waals surface area contributed by atoms with Crippen LogP contribution in [0.4, 0.5) is 0 Å². The zero-order valence-electron chi connectivity index (χ0n) is 11.6. The number of halogens is 1. The van der Waals surface area contributed by atoms with Gasteiger partial charge in [-0.1, -0.05) is 0 Å². The van der Waals surface area contributed by atoms with Crippen LogP contribution in [0.2, 0.25) is 0 Å². The van der Waals surface area contributed by atoms with Gasteiger partial charge in [0.05, 0.1) is 24.8 Å². The van der Waals surface area contributed by atoms with Crippen molar-refractivity contribution in [3.05, 3.63) is 35.7 Å². The van der Waals surface area contributed by atoms with Crippen LogP contribution in [0.5, 0.6) is 0 Å². The molecule has 0 aliphatic carbocycles. The van der Waals surface area contributed by atoms with Gasteiger partial charge in [0.2, 0.25) is 0 Å². The fraction of sp³-hybridized carbons (Fsp3) is 0.429. The van der Waals surface area contributed by atoms with Gasteiger partial charge in [0.25, 0.3) is 0 Å². The normalized spacial score (nSPS) is 11.6. The number of furan rings is 1. The quantitative estimate of drug-likeness (QED) is 0.679. The van der Waals surface area contributed by atoms with Gasteiger partial charge in [-0.05, 0) is 19.9 Å². The van der Waals surface area contributed by atoms with Gasteiger partial charge in [-0.3, -0.25) is 0 Å². The van der Waals surface area contributed by atoms with Crippen molar-refractivity contribution in [1.29, 1.82) is 0 Å². The second kappa shape index (κ2) is 5.32. The van der Waals surface area contributed by atoms with E-state index in [0.29, 0.717) is 5.88 Å². The van der Waals surface area contributed by atoms with Crippen LogP contribution in [0, 0.1) is 6.92 Å². The monoisotopic (exact) mass is 292 g/mol. The Morgan fingerprint density at radius 2 is 2.25 bits per heavy atom. The summed E-state index contributed by atoms with van der Waals surface area (Å²) >= 11 is 5.90. The topological polar surface area (TPSA) is 48.8 Å². The minimum atomic E-state index is 0.559. The fourth-order valence-corrected chi connectivity index (χ4v) is 2.67. The molecular weight excluding hydrogens is 276 g/mol. The van der Waals surface area contributed by atoms with Gasteiger partial charge < -0.3 is 8.98 Å². The van der Waals surface area contributed by atoms with E-state index < -0.39 is 0 Å². The first-order chi connectivity index (χ1) is 9.74. The second-order valence-electron chi connectivity index (χ2n) is 4.76. The third-order valence-electron chi connectivity index (χ3n) is 3.42. The molecule has 3 aromatic rings. The third kappa shape index (κ3) is 2.12. The molecule has 6 heteroatoms. The highest BCUT2D eigenvalue weighted by Gasteiger charge is 2.18. The molecule has 0 aliphatic heterocycles. The Kier molecular flexibility index (Phi) is 3.53. The molecule has 0 N–H and O–H groups in total. The average Bonchev–Trinajstić information content (AvgIpc) is 3.12. The lowest BCUT2D eigenvalue weighted by atomic mass is 10.3. The predicted molar refractivity (Wildman–Crippen MR) is 78.2 cm³/mol. The molecule has 0 spiro atoms.